The number of fused-ring (bicyclic) bond motifs is 1. The van der Waals surface area contributed by atoms with Crippen molar-refractivity contribution in [3.8, 4) is 5.75 Å². The predicted molar refractivity (Wildman–Crippen MR) is 73.9 cm³/mol. The molecule has 1 aliphatic heterocycles. The first-order valence-electron chi connectivity index (χ1n) is 6.23. The second-order valence-electron chi connectivity index (χ2n) is 4.76. The molecule has 1 heterocycles. The van der Waals surface area contributed by atoms with Crippen LogP contribution < -0.4 is 15.7 Å². The molecule has 96 valence electrons. The van der Waals surface area contributed by atoms with Gasteiger partial charge in [0.25, 0.3) is 0 Å². The van der Waals surface area contributed by atoms with E-state index in [9.17, 15) is 4.39 Å². The van der Waals surface area contributed by atoms with Gasteiger partial charge in [0.05, 0.1) is 13.7 Å². The molecule has 0 saturated carbocycles. The highest BCUT2D eigenvalue weighted by Gasteiger charge is 2.30. The number of ether oxygens (including phenoxy) is 1. The van der Waals surface area contributed by atoms with Crippen molar-refractivity contribution in [2.45, 2.75) is 13.5 Å². The molecule has 4 heteroatoms. The molecule has 0 radical (unpaired) electrons. The van der Waals surface area contributed by atoms with Gasteiger partial charge in [-0.05, 0) is 47.2 Å². The molecule has 0 aliphatic carbocycles. The first-order chi connectivity index (χ1) is 9.19. The van der Waals surface area contributed by atoms with Crippen molar-refractivity contribution in [3.63, 3.8) is 0 Å². The molecule has 19 heavy (non-hydrogen) atoms. The highest BCUT2D eigenvalue weighted by atomic mass is 19.1. The molecule has 2 aromatic carbocycles. The minimum Gasteiger partial charge on any atom is -0.496 e. The van der Waals surface area contributed by atoms with Crippen LogP contribution in [0.1, 0.15) is 11.1 Å². The summed E-state index contributed by atoms with van der Waals surface area (Å²) in [7, 11) is 1.66. The highest BCUT2D eigenvalue weighted by Crippen LogP contribution is 2.17. The predicted octanol–water partition coefficient (Wildman–Crippen LogP) is 1.78. The van der Waals surface area contributed by atoms with Crippen molar-refractivity contribution in [2.75, 3.05) is 7.11 Å². The van der Waals surface area contributed by atoms with Crippen LogP contribution in [0.2, 0.25) is 0 Å². The van der Waals surface area contributed by atoms with Crippen molar-refractivity contribution in [1.82, 2.24) is 0 Å². The Hall–Kier alpha value is -1.81. The van der Waals surface area contributed by atoms with Crippen LogP contribution in [-0.4, -0.2) is 14.0 Å². The number of hydrogen-bond donors (Lipinski definition) is 0. The number of rotatable bonds is 2. The van der Waals surface area contributed by atoms with Gasteiger partial charge in [-0.3, -0.25) is 0 Å². The molecule has 0 amide bonds. The topological polar surface area (TPSA) is 18.5 Å². The zero-order chi connectivity index (χ0) is 13.4. The van der Waals surface area contributed by atoms with E-state index in [1.807, 2.05) is 25.1 Å². The first kappa shape index (κ1) is 12.2. The van der Waals surface area contributed by atoms with Crippen molar-refractivity contribution in [3.05, 3.63) is 53.3 Å². The maximum Gasteiger partial charge on any atom is 0.362 e. The Kier molecular flexibility index (Phi) is 3.03. The lowest BCUT2D eigenvalue weighted by atomic mass is 9.55. The van der Waals surface area contributed by atoms with Crippen molar-refractivity contribution >= 4 is 17.8 Å². The monoisotopic (exact) mass is 256 g/mol. The summed E-state index contributed by atoms with van der Waals surface area (Å²) in [5, 5.41) is 0. The van der Waals surface area contributed by atoms with Crippen molar-refractivity contribution in [2.24, 2.45) is 0 Å². The standard InChI is InChI=1S/C15H14BFO2/c1-10-7-12(3-6-15(10)18-2)16-14-5-4-13(17)8-11(14)9-19-16/h3-8H,9H2,1-2H3. The summed E-state index contributed by atoms with van der Waals surface area (Å²) in [4.78, 5) is 0. The number of halogens is 1. The summed E-state index contributed by atoms with van der Waals surface area (Å²) >= 11 is 0. The summed E-state index contributed by atoms with van der Waals surface area (Å²) in [6.45, 7) is 2.35. The van der Waals surface area contributed by atoms with E-state index in [1.54, 1.807) is 13.2 Å². The van der Waals surface area contributed by atoms with Gasteiger partial charge in [0.2, 0.25) is 0 Å². The van der Waals surface area contributed by atoms with Crippen LogP contribution >= 0.6 is 0 Å². The van der Waals surface area contributed by atoms with Crippen LogP contribution in [0, 0.1) is 12.7 Å². The molecule has 0 atom stereocenters. The molecule has 0 unspecified atom stereocenters. The average molecular weight is 256 g/mol. The average Bonchev–Trinajstić information content (AvgIpc) is 2.81. The molecule has 0 bridgehead atoms. The zero-order valence-corrected chi connectivity index (χ0v) is 10.9. The summed E-state index contributed by atoms with van der Waals surface area (Å²) in [6, 6.07) is 10.8. The normalized spacial score (nSPS) is 13.5. The third-order valence-electron chi connectivity index (χ3n) is 3.51. The summed E-state index contributed by atoms with van der Waals surface area (Å²) < 4.78 is 24.2. The van der Waals surface area contributed by atoms with Crippen LogP contribution in [0.3, 0.4) is 0 Å². The van der Waals surface area contributed by atoms with E-state index in [4.69, 9.17) is 9.39 Å². The Morgan fingerprint density at radius 3 is 2.79 bits per heavy atom. The zero-order valence-electron chi connectivity index (χ0n) is 10.9. The largest absolute Gasteiger partial charge is 0.496 e. The maximum atomic E-state index is 13.2. The molecule has 0 fully saturated rings. The van der Waals surface area contributed by atoms with Crippen LogP contribution in [0.15, 0.2) is 36.4 Å². The number of methoxy groups -OCH3 is 1. The Balaban J connectivity index is 1.99. The molecule has 2 nitrogen and oxygen atoms in total. The van der Waals surface area contributed by atoms with Gasteiger partial charge in [0, 0.05) is 0 Å². The molecular weight excluding hydrogens is 242 g/mol. The molecule has 3 rings (SSSR count). The molecule has 0 spiro atoms. The number of benzene rings is 2. The summed E-state index contributed by atoms with van der Waals surface area (Å²) in [6.07, 6.45) is 0. The van der Waals surface area contributed by atoms with Crippen molar-refractivity contribution < 1.29 is 13.8 Å². The van der Waals surface area contributed by atoms with E-state index in [2.05, 4.69) is 6.07 Å². The SMILES string of the molecule is COc1ccc(B2OCc3cc(F)ccc32)cc1C. The summed E-state index contributed by atoms with van der Waals surface area (Å²) in [5.41, 5.74) is 4.12. The molecule has 0 N–H and O–H groups in total. The minimum absolute atomic E-state index is 0.111. The van der Waals surface area contributed by atoms with E-state index in [1.165, 1.54) is 6.07 Å². The summed E-state index contributed by atoms with van der Waals surface area (Å²) in [5.74, 6) is 0.648. The number of aryl methyl sites for hydroxylation is 1. The van der Waals surface area contributed by atoms with Gasteiger partial charge in [0.1, 0.15) is 11.6 Å². The molecule has 0 aromatic heterocycles. The molecule has 0 saturated heterocycles. The van der Waals surface area contributed by atoms with Gasteiger partial charge in [-0.25, -0.2) is 4.39 Å². The third kappa shape index (κ3) is 2.12. The molecule has 1 aliphatic rings. The van der Waals surface area contributed by atoms with Gasteiger partial charge in [-0.1, -0.05) is 18.2 Å². The fraction of sp³-hybridized carbons (Fsp3) is 0.200. The van der Waals surface area contributed by atoms with Crippen LogP contribution in [0.5, 0.6) is 5.75 Å². The lowest BCUT2D eigenvalue weighted by Crippen LogP contribution is -2.41. The number of hydrogen-bond acceptors (Lipinski definition) is 2. The Morgan fingerprint density at radius 2 is 2.05 bits per heavy atom. The van der Waals surface area contributed by atoms with Crippen LogP contribution in [0.4, 0.5) is 4.39 Å². The van der Waals surface area contributed by atoms with E-state index in [-0.39, 0.29) is 12.7 Å². The second kappa shape index (κ2) is 4.70. The minimum atomic E-state index is -0.214. The first-order valence-corrected chi connectivity index (χ1v) is 6.23. The van der Waals surface area contributed by atoms with Gasteiger partial charge >= 0.3 is 6.92 Å². The van der Waals surface area contributed by atoms with E-state index in [0.717, 1.165) is 27.8 Å². The van der Waals surface area contributed by atoms with E-state index < -0.39 is 0 Å². The smallest absolute Gasteiger partial charge is 0.362 e. The van der Waals surface area contributed by atoms with E-state index in [0.29, 0.717) is 6.61 Å². The van der Waals surface area contributed by atoms with Crippen molar-refractivity contribution in [1.29, 1.82) is 0 Å². The van der Waals surface area contributed by atoms with Gasteiger partial charge < -0.3 is 9.39 Å². The van der Waals surface area contributed by atoms with Gasteiger partial charge in [-0.15, -0.1) is 0 Å². The lowest BCUT2D eigenvalue weighted by molar-refractivity contribution is 0.336. The fourth-order valence-electron chi connectivity index (χ4n) is 2.56. The third-order valence-corrected chi connectivity index (χ3v) is 3.51. The van der Waals surface area contributed by atoms with Gasteiger partial charge in [0.15, 0.2) is 0 Å². The van der Waals surface area contributed by atoms with Crippen LogP contribution in [-0.2, 0) is 11.3 Å². The Bertz CT molecular complexity index is 628. The van der Waals surface area contributed by atoms with E-state index >= 15 is 0 Å². The Labute approximate surface area is 112 Å². The quantitative estimate of drug-likeness (QED) is 0.762. The van der Waals surface area contributed by atoms with Gasteiger partial charge in [-0.2, -0.15) is 0 Å². The second-order valence-corrected chi connectivity index (χ2v) is 4.76. The fourth-order valence-corrected chi connectivity index (χ4v) is 2.56. The maximum absolute atomic E-state index is 13.2. The Morgan fingerprint density at radius 1 is 1.21 bits per heavy atom. The van der Waals surface area contributed by atoms with Crippen LogP contribution in [0.25, 0.3) is 0 Å². The lowest BCUT2D eigenvalue weighted by Gasteiger charge is -2.10. The molecule has 2 aromatic rings. The molecular formula is C15H14BFO2. The highest BCUT2D eigenvalue weighted by molar-refractivity contribution is 6.81.